The molecule has 1 aliphatic rings. The second kappa shape index (κ2) is 4.96. The minimum Gasteiger partial charge on any atom is -0.385 e. The Morgan fingerprint density at radius 1 is 1.24 bits per heavy atom. The smallest absolute Gasteiger partial charge is 0.385 e. The molecule has 5 heteroatoms. The average molecular weight is 244 g/mol. The summed E-state index contributed by atoms with van der Waals surface area (Å²) < 4.78 is 37.0. The SMILES string of the molecule is FC(F)(F)c1ccc(NCC2CCNC2)cc1. The van der Waals surface area contributed by atoms with E-state index in [-0.39, 0.29) is 0 Å². The van der Waals surface area contributed by atoms with E-state index in [9.17, 15) is 13.2 Å². The lowest BCUT2D eigenvalue weighted by Crippen LogP contribution is -2.17. The van der Waals surface area contributed by atoms with Crippen LogP contribution in [0.4, 0.5) is 18.9 Å². The van der Waals surface area contributed by atoms with Gasteiger partial charge in [0.2, 0.25) is 0 Å². The van der Waals surface area contributed by atoms with Crippen LogP contribution in [-0.4, -0.2) is 19.6 Å². The normalized spacial score (nSPS) is 20.5. The Morgan fingerprint density at radius 3 is 2.47 bits per heavy atom. The fourth-order valence-electron chi connectivity index (χ4n) is 1.93. The predicted molar refractivity (Wildman–Crippen MR) is 60.9 cm³/mol. The number of nitrogens with one attached hydrogen (secondary N) is 2. The fraction of sp³-hybridized carbons (Fsp3) is 0.500. The summed E-state index contributed by atoms with van der Waals surface area (Å²) in [6.45, 7) is 2.81. The van der Waals surface area contributed by atoms with E-state index in [0.717, 1.165) is 43.9 Å². The van der Waals surface area contributed by atoms with Crippen LogP contribution in [0.5, 0.6) is 0 Å². The lowest BCUT2D eigenvalue weighted by atomic mass is 10.1. The lowest BCUT2D eigenvalue weighted by molar-refractivity contribution is -0.137. The van der Waals surface area contributed by atoms with Gasteiger partial charge in [0.1, 0.15) is 0 Å². The lowest BCUT2D eigenvalue weighted by Gasteiger charge is -2.12. The second-order valence-corrected chi connectivity index (χ2v) is 4.31. The van der Waals surface area contributed by atoms with Crippen molar-refractivity contribution in [2.45, 2.75) is 12.6 Å². The van der Waals surface area contributed by atoms with Crippen molar-refractivity contribution in [2.24, 2.45) is 5.92 Å². The van der Waals surface area contributed by atoms with E-state index in [1.54, 1.807) is 0 Å². The van der Waals surface area contributed by atoms with Crippen LogP contribution in [0.15, 0.2) is 24.3 Å². The molecule has 0 amide bonds. The quantitative estimate of drug-likeness (QED) is 0.854. The zero-order chi connectivity index (χ0) is 12.3. The largest absolute Gasteiger partial charge is 0.416 e. The van der Waals surface area contributed by atoms with Crippen molar-refractivity contribution in [1.82, 2.24) is 5.32 Å². The molecule has 1 aromatic rings. The van der Waals surface area contributed by atoms with Crippen LogP contribution in [0.1, 0.15) is 12.0 Å². The molecule has 0 aliphatic carbocycles. The molecule has 0 bridgehead atoms. The standard InChI is InChI=1S/C12H15F3N2/c13-12(14,15)10-1-3-11(4-2-10)17-8-9-5-6-16-7-9/h1-4,9,16-17H,5-8H2. The van der Waals surface area contributed by atoms with Gasteiger partial charge >= 0.3 is 6.18 Å². The van der Waals surface area contributed by atoms with Crippen LogP contribution < -0.4 is 10.6 Å². The number of hydrogen-bond acceptors (Lipinski definition) is 2. The van der Waals surface area contributed by atoms with Gasteiger partial charge in [-0.25, -0.2) is 0 Å². The van der Waals surface area contributed by atoms with Gasteiger partial charge in [0.25, 0.3) is 0 Å². The number of rotatable bonds is 3. The van der Waals surface area contributed by atoms with E-state index in [1.807, 2.05) is 0 Å². The summed E-state index contributed by atoms with van der Waals surface area (Å²) >= 11 is 0. The summed E-state index contributed by atoms with van der Waals surface area (Å²) in [5, 5.41) is 6.41. The van der Waals surface area contributed by atoms with Crippen molar-refractivity contribution in [2.75, 3.05) is 25.0 Å². The second-order valence-electron chi connectivity index (χ2n) is 4.31. The number of anilines is 1. The first-order valence-electron chi connectivity index (χ1n) is 5.67. The van der Waals surface area contributed by atoms with E-state index in [1.165, 1.54) is 12.1 Å². The van der Waals surface area contributed by atoms with Crippen molar-refractivity contribution >= 4 is 5.69 Å². The molecule has 94 valence electrons. The molecule has 0 radical (unpaired) electrons. The van der Waals surface area contributed by atoms with Gasteiger partial charge in [0.05, 0.1) is 5.56 Å². The highest BCUT2D eigenvalue weighted by atomic mass is 19.4. The van der Waals surface area contributed by atoms with Gasteiger partial charge < -0.3 is 10.6 Å². The molecule has 0 spiro atoms. The predicted octanol–water partition coefficient (Wildman–Crippen LogP) is 2.73. The maximum Gasteiger partial charge on any atom is 0.416 e. The Balaban J connectivity index is 1.89. The van der Waals surface area contributed by atoms with Gasteiger partial charge in [-0.3, -0.25) is 0 Å². The number of benzene rings is 1. The highest BCUT2D eigenvalue weighted by Crippen LogP contribution is 2.29. The molecule has 1 fully saturated rings. The molecular formula is C12H15F3N2. The molecule has 17 heavy (non-hydrogen) atoms. The number of alkyl halides is 3. The third-order valence-corrected chi connectivity index (χ3v) is 2.97. The molecule has 1 heterocycles. The number of halogens is 3. The third kappa shape index (κ3) is 3.36. The van der Waals surface area contributed by atoms with E-state index < -0.39 is 11.7 Å². The van der Waals surface area contributed by atoms with Gasteiger partial charge in [-0.1, -0.05) is 0 Å². The maximum absolute atomic E-state index is 12.3. The first-order valence-corrected chi connectivity index (χ1v) is 5.67. The van der Waals surface area contributed by atoms with Crippen molar-refractivity contribution in [3.05, 3.63) is 29.8 Å². The van der Waals surface area contributed by atoms with E-state index in [0.29, 0.717) is 5.92 Å². The van der Waals surface area contributed by atoms with Gasteiger partial charge in [0.15, 0.2) is 0 Å². The highest BCUT2D eigenvalue weighted by molar-refractivity contribution is 5.45. The summed E-state index contributed by atoms with van der Waals surface area (Å²) in [5.74, 6) is 0.567. The molecule has 1 atom stereocenters. The fourth-order valence-corrected chi connectivity index (χ4v) is 1.93. The molecule has 1 aromatic carbocycles. The Bertz CT molecular complexity index is 353. The summed E-state index contributed by atoms with van der Waals surface area (Å²) in [7, 11) is 0. The summed E-state index contributed by atoms with van der Waals surface area (Å²) in [6.07, 6.45) is -3.14. The van der Waals surface area contributed by atoms with E-state index in [4.69, 9.17) is 0 Å². The minimum atomic E-state index is -4.26. The van der Waals surface area contributed by atoms with Gasteiger partial charge in [-0.15, -0.1) is 0 Å². The maximum atomic E-state index is 12.3. The van der Waals surface area contributed by atoms with Crippen LogP contribution in [0, 0.1) is 5.92 Å². The molecule has 0 saturated carbocycles. The average Bonchev–Trinajstić information content (AvgIpc) is 2.78. The molecular weight excluding hydrogens is 229 g/mol. The van der Waals surface area contributed by atoms with Crippen LogP contribution in [0.25, 0.3) is 0 Å². The monoisotopic (exact) mass is 244 g/mol. The Hall–Kier alpha value is -1.23. The Morgan fingerprint density at radius 2 is 1.94 bits per heavy atom. The van der Waals surface area contributed by atoms with Crippen molar-refractivity contribution in [3.8, 4) is 0 Å². The number of hydrogen-bond donors (Lipinski definition) is 2. The van der Waals surface area contributed by atoms with Crippen molar-refractivity contribution in [1.29, 1.82) is 0 Å². The molecule has 1 saturated heterocycles. The molecule has 2 nitrogen and oxygen atoms in total. The molecule has 1 unspecified atom stereocenters. The molecule has 2 rings (SSSR count). The topological polar surface area (TPSA) is 24.1 Å². The van der Waals surface area contributed by atoms with Crippen LogP contribution in [0.3, 0.4) is 0 Å². The van der Waals surface area contributed by atoms with Crippen molar-refractivity contribution in [3.63, 3.8) is 0 Å². The molecule has 2 N–H and O–H groups in total. The first kappa shape index (κ1) is 12.2. The van der Waals surface area contributed by atoms with E-state index >= 15 is 0 Å². The highest BCUT2D eigenvalue weighted by Gasteiger charge is 2.29. The summed E-state index contributed by atoms with van der Waals surface area (Å²) in [4.78, 5) is 0. The third-order valence-electron chi connectivity index (χ3n) is 2.97. The first-order chi connectivity index (χ1) is 8.05. The summed E-state index contributed by atoms with van der Waals surface area (Å²) in [6, 6.07) is 5.17. The van der Waals surface area contributed by atoms with Crippen LogP contribution in [-0.2, 0) is 6.18 Å². The zero-order valence-electron chi connectivity index (χ0n) is 9.35. The molecule has 0 aromatic heterocycles. The van der Waals surface area contributed by atoms with E-state index in [2.05, 4.69) is 10.6 Å². The van der Waals surface area contributed by atoms with Crippen LogP contribution >= 0.6 is 0 Å². The molecule has 1 aliphatic heterocycles. The van der Waals surface area contributed by atoms with Gasteiger partial charge in [0, 0.05) is 12.2 Å². The Kier molecular flexibility index (Phi) is 3.57. The Labute approximate surface area is 98.2 Å². The van der Waals surface area contributed by atoms with Gasteiger partial charge in [-0.05, 0) is 49.7 Å². The zero-order valence-corrected chi connectivity index (χ0v) is 9.35. The summed E-state index contributed by atoms with van der Waals surface area (Å²) in [5.41, 5.74) is 0.135. The minimum absolute atomic E-state index is 0.567. The van der Waals surface area contributed by atoms with Crippen LogP contribution in [0.2, 0.25) is 0 Å². The van der Waals surface area contributed by atoms with Gasteiger partial charge in [-0.2, -0.15) is 13.2 Å². The van der Waals surface area contributed by atoms with Crippen molar-refractivity contribution < 1.29 is 13.2 Å².